The Labute approximate surface area is 569 Å². The number of nitrogens with one attached hydrogen (secondary N) is 2. The van der Waals surface area contributed by atoms with Gasteiger partial charge in [0, 0.05) is 82.1 Å². The number of amides is 3. The third-order valence-electron chi connectivity index (χ3n) is 12.3. The van der Waals surface area contributed by atoms with Gasteiger partial charge in [-0.05, 0) is 229 Å². The molecular formula is C61H76Cl6I2N12O6. The predicted octanol–water partition coefficient (Wildman–Crippen LogP) is 15.3. The highest BCUT2D eigenvalue weighted by Gasteiger charge is 2.30. The van der Waals surface area contributed by atoms with Crippen molar-refractivity contribution in [1.29, 1.82) is 0 Å². The van der Waals surface area contributed by atoms with E-state index in [-0.39, 0.29) is 40.0 Å². The lowest BCUT2D eigenvalue weighted by atomic mass is 9.98. The summed E-state index contributed by atoms with van der Waals surface area (Å²) in [6, 6.07) is 14.7. The number of piperidine rings is 3. The molecule has 3 amide bonds. The summed E-state index contributed by atoms with van der Waals surface area (Å²) in [7, 11) is 0. The average molecular weight is 1540 g/mol. The van der Waals surface area contributed by atoms with Gasteiger partial charge >= 0.3 is 18.3 Å². The van der Waals surface area contributed by atoms with Gasteiger partial charge in [0.05, 0.1) is 22.7 Å². The number of terminal acetylenes is 1. The minimum absolute atomic E-state index is 0.143. The molecule has 4 N–H and O–H groups in total. The zero-order valence-corrected chi connectivity index (χ0v) is 59.2. The summed E-state index contributed by atoms with van der Waals surface area (Å²) in [5.41, 5.74) is 6.34. The van der Waals surface area contributed by atoms with Crippen LogP contribution in [0.2, 0.25) is 31.0 Å². The van der Waals surface area contributed by atoms with Crippen LogP contribution in [0.5, 0.6) is 0 Å². The normalized spacial score (nSPS) is 16.5. The number of benzene rings is 2. The van der Waals surface area contributed by atoms with Crippen molar-refractivity contribution in [3.8, 4) is 24.2 Å². The summed E-state index contributed by atoms with van der Waals surface area (Å²) in [5.74, 6) is 11.0. The fourth-order valence-electron chi connectivity index (χ4n) is 8.34. The van der Waals surface area contributed by atoms with Crippen molar-refractivity contribution >= 4 is 145 Å². The van der Waals surface area contributed by atoms with E-state index in [1.165, 1.54) is 0 Å². The summed E-state index contributed by atoms with van der Waals surface area (Å²) >= 11 is 38.9. The molecule has 0 spiro atoms. The van der Waals surface area contributed by atoms with E-state index in [0.29, 0.717) is 71.1 Å². The number of aromatic nitrogens is 6. The molecule has 0 bridgehead atoms. The zero-order valence-electron chi connectivity index (χ0n) is 50.3. The van der Waals surface area contributed by atoms with E-state index < -0.39 is 16.8 Å². The van der Waals surface area contributed by atoms with Crippen LogP contribution >= 0.6 is 115 Å². The Bertz CT molecular complexity index is 3150. The van der Waals surface area contributed by atoms with Gasteiger partial charge in [-0.25, -0.2) is 34.3 Å². The van der Waals surface area contributed by atoms with E-state index >= 15 is 0 Å². The zero-order chi connectivity index (χ0) is 64.5. The number of hydrogen-bond acceptors (Lipinski definition) is 15. The summed E-state index contributed by atoms with van der Waals surface area (Å²) in [6.07, 6.45) is 15.4. The van der Waals surface area contributed by atoms with Crippen LogP contribution in [0, 0.1) is 49.1 Å². The third kappa shape index (κ3) is 29.3. The average Bonchev–Trinajstić information content (AvgIpc) is 3.67. The van der Waals surface area contributed by atoms with Gasteiger partial charge in [-0.3, -0.25) is 0 Å². The molecule has 2 aromatic carbocycles. The van der Waals surface area contributed by atoms with Crippen LogP contribution < -0.4 is 16.4 Å². The summed E-state index contributed by atoms with van der Waals surface area (Å²) in [5, 5.41) is 8.82. The van der Waals surface area contributed by atoms with E-state index in [4.69, 9.17) is 96.0 Å². The minimum Gasteiger partial charge on any atom is -0.444 e. The van der Waals surface area contributed by atoms with Crippen molar-refractivity contribution in [1.82, 2.24) is 44.6 Å². The SMILES string of the molecule is C#Cc1ccccc1Cl.CC(C)(C)OC(=O)N1CCC[C@@H](CN)C1.CC(C)(C)OC(=O)N1CCC[C@@H](CNc2nc(Cl)ncc2C#Cc2ccccc2Cl)C1.CC(C)(C)OC(=O)N1CCC[C@@H](CNc2nc(Cl)ncc2I)C1.Clc1ncc(I)c(Cl)n1. The topological polar surface area (TPSA) is 216 Å². The highest BCUT2D eigenvalue weighted by atomic mass is 127. The Hall–Kier alpha value is -4.63. The summed E-state index contributed by atoms with van der Waals surface area (Å²) < 4.78 is 18.0. The lowest BCUT2D eigenvalue weighted by molar-refractivity contribution is 0.0161. The van der Waals surface area contributed by atoms with Gasteiger partial charge in [-0.2, -0.15) is 9.97 Å². The first kappa shape index (κ1) is 74.8. The van der Waals surface area contributed by atoms with Crippen molar-refractivity contribution in [2.24, 2.45) is 23.5 Å². The van der Waals surface area contributed by atoms with Gasteiger partial charge in [0.1, 0.15) is 33.6 Å². The first-order valence-corrected chi connectivity index (χ1v) is 32.5. The Morgan fingerprint density at radius 1 is 0.563 bits per heavy atom. The second kappa shape index (κ2) is 36.9. The fraction of sp³-hybridized carbons (Fsp3) is 0.492. The molecule has 3 aliphatic rings. The molecule has 5 aromatic rings. The third-order valence-corrected chi connectivity index (χ3v) is 15.7. The molecule has 0 aliphatic carbocycles. The van der Waals surface area contributed by atoms with Crippen LogP contribution in [0.1, 0.15) is 118 Å². The lowest BCUT2D eigenvalue weighted by Gasteiger charge is -2.34. The monoisotopic (exact) mass is 1540 g/mol. The Morgan fingerprint density at radius 2 is 0.943 bits per heavy atom. The molecule has 87 heavy (non-hydrogen) atoms. The van der Waals surface area contributed by atoms with Gasteiger partial charge in [0.15, 0.2) is 0 Å². The van der Waals surface area contributed by atoms with Crippen LogP contribution in [-0.2, 0) is 14.2 Å². The number of carbonyl (C=O) groups is 3. The van der Waals surface area contributed by atoms with Crippen molar-refractivity contribution < 1.29 is 28.6 Å². The molecule has 26 heteroatoms. The second-order valence-corrected chi connectivity index (χ2v) is 27.7. The Morgan fingerprint density at radius 3 is 1.36 bits per heavy atom. The molecule has 3 saturated heterocycles. The van der Waals surface area contributed by atoms with Crippen LogP contribution in [0.15, 0.2) is 67.1 Å². The molecular weight excluding hydrogens is 1460 g/mol. The van der Waals surface area contributed by atoms with Gasteiger partial charge < -0.3 is 45.3 Å². The number of ether oxygens (including phenoxy) is 3. The standard InChI is InChI=1S/C23H26Cl2N4O2.C15H22ClIN4O2.C11H22N2O2.C8H5Cl.C4HCl2IN2/c1-23(2,3)31-22(30)29-12-6-7-16(15-29)13-26-20-18(14-27-21(25)28-20)11-10-17-8-4-5-9-19(17)24;1-15(2,3)23-14(22)21-6-4-5-10(9-21)7-18-12-11(17)8-19-13(16)20-12;1-11(2,3)15-10(14)13-6-4-5-9(7-12)8-13;1-2-7-5-3-4-6-8(7)9;5-3-2(7)1-8-4(6)9-3/h4-5,8-9,14,16H,6-7,12-13,15H2,1-3H3,(H,26,27,28);8,10H,4-7,9H2,1-3H3,(H,18,19,20);9H,4-8,12H2,1-3H3;1,3-6H;1H/t16-;10-;9-;;/m000../s1. The van der Waals surface area contributed by atoms with E-state index in [2.05, 4.69) is 80.9 Å². The lowest BCUT2D eigenvalue weighted by Crippen LogP contribution is -2.44. The number of nitrogens with zero attached hydrogens (tertiary/aromatic N) is 9. The van der Waals surface area contributed by atoms with E-state index in [0.717, 1.165) is 88.8 Å². The minimum atomic E-state index is -0.505. The van der Waals surface area contributed by atoms with Crippen LogP contribution in [-0.4, -0.2) is 139 Å². The van der Waals surface area contributed by atoms with E-state index in [1.54, 1.807) is 45.4 Å². The molecule has 3 atom stereocenters. The Kier molecular flexibility index (Phi) is 31.7. The quantitative estimate of drug-likeness (QED) is 0.0454. The van der Waals surface area contributed by atoms with Crippen molar-refractivity contribution in [2.45, 2.75) is 118 Å². The highest BCUT2D eigenvalue weighted by Crippen LogP contribution is 2.25. The van der Waals surface area contributed by atoms with Gasteiger partial charge in [-0.1, -0.05) is 76.8 Å². The van der Waals surface area contributed by atoms with Crippen molar-refractivity contribution in [3.63, 3.8) is 0 Å². The predicted molar refractivity (Wildman–Crippen MR) is 366 cm³/mol. The maximum absolute atomic E-state index is 12.4. The number of anilines is 2. The number of halogens is 8. The molecule has 18 nitrogen and oxygen atoms in total. The second-order valence-electron chi connectivity index (χ2n) is 23.2. The molecule has 3 aliphatic heterocycles. The van der Waals surface area contributed by atoms with Crippen LogP contribution in [0.25, 0.3) is 0 Å². The molecule has 3 fully saturated rings. The fourth-order valence-corrected chi connectivity index (χ4v) is 9.99. The number of nitrogens with two attached hydrogens (primary N) is 1. The number of carbonyl (C=O) groups excluding carboxylic acids is 3. The number of hydrogen-bond donors (Lipinski definition) is 3. The summed E-state index contributed by atoms with van der Waals surface area (Å²) in [6.45, 7) is 23.3. The summed E-state index contributed by atoms with van der Waals surface area (Å²) in [4.78, 5) is 65.5. The van der Waals surface area contributed by atoms with Gasteiger partial charge in [0.25, 0.3) is 0 Å². The number of rotatable bonds is 7. The maximum atomic E-state index is 12.4. The largest absolute Gasteiger partial charge is 0.444 e. The van der Waals surface area contributed by atoms with E-state index in [9.17, 15) is 14.4 Å². The molecule has 8 rings (SSSR count). The number of likely N-dealkylation sites (tertiary alicyclic amines) is 3. The molecule has 3 aromatic heterocycles. The van der Waals surface area contributed by atoms with E-state index in [1.807, 2.05) is 121 Å². The van der Waals surface area contributed by atoms with Crippen molar-refractivity contribution in [2.75, 3.05) is 69.5 Å². The molecule has 6 heterocycles. The molecule has 472 valence electrons. The smallest absolute Gasteiger partial charge is 0.410 e. The first-order valence-electron chi connectivity index (χ1n) is 28.1. The van der Waals surface area contributed by atoms with Crippen LogP contribution in [0.3, 0.4) is 0 Å². The molecule has 0 saturated carbocycles. The molecule has 0 unspecified atom stereocenters. The van der Waals surface area contributed by atoms with Crippen molar-refractivity contribution in [3.05, 3.63) is 122 Å². The highest BCUT2D eigenvalue weighted by molar-refractivity contribution is 14.1. The Balaban J connectivity index is 0.000000253. The van der Waals surface area contributed by atoms with Crippen LogP contribution in [0.4, 0.5) is 26.0 Å². The van der Waals surface area contributed by atoms with Gasteiger partial charge in [0.2, 0.25) is 15.9 Å². The maximum Gasteiger partial charge on any atom is 0.410 e. The first-order chi connectivity index (χ1) is 40.9. The van der Waals surface area contributed by atoms with Gasteiger partial charge in [-0.15, -0.1) is 6.42 Å². The molecule has 0 radical (unpaired) electrons.